The van der Waals surface area contributed by atoms with Crippen LogP contribution in [-0.2, 0) is 0 Å². The number of nitrogens with zero attached hydrogens (tertiary/aromatic N) is 1. The number of aromatic nitrogens is 2. The summed E-state index contributed by atoms with van der Waals surface area (Å²) in [7, 11) is 0. The first-order valence-corrected chi connectivity index (χ1v) is 9.05. The minimum atomic E-state index is -0.0743. The van der Waals surface area contributed by atoms with Crippen molar-refractivity contribution < 1.29 is 0 Å². The Kier molecular flexibility index (Phi) is 4.45. The Labute approximate surface area is 146 Å². The van der Waals surface area contributed by atoms with E-state index < -0.39 is 0 Å². The average molecular weight is 341 g/mol. The molecule has 0 aliphatic heterocycles. The summed E-state index contributed by atoms with van der Waals surface area (Å²) < 4.78 is 0. The van der Waals surface area contributed by atoms with Gasteiger partial charge < -0.3 is 10.3 Å². The van der Waals surface area contributed by atoms with Gasteiger partial charge in [0.1, 0.15) is 10.7 Å². The summed E-state index contributed by atoms with van der Waals surface area (Å²) >= 11 is 1.58. The molecular formula is C19H23N3OS. The van der Waals surface area contributed by atoms with Crippen LogP contribution in [0.4, 0.5) is 5.69 Å². The Hall–Kier alpha value is -2.14. The molecule has 2 heterocycles. The van der Waals surface area contributed by atoms with Crippen molar-refractivity contribution in [3.63, 3.8) is 0 Å². The second-order valence-corrected chi connectivity index (χ2v) is 7.76. The van der Waals surface area contributed by atoms with Crippen molar-refractivity contribution in [2.75, 3.05) is 5.32 Å². The number of anilines is 1. The summed E-state index contributed by atoms with van der Waals surface area (Å²) in [5.74, 6) is 1.18. The molecule has 5 heteroatoms. The molecule has 0 aliphatic rings. The predicted molar refractivity (Wildman–Crippen MR) is 102 cm³/mol. The van der Waals surface area contributed by atoms with Gasteiger partial charge in [-0.15, -0.1) is 11.3 Å². The van der Waals surface area contributed by atoms with Crippen LogP contribution in [0.15, 0.2) is 29.1 Å². The van der Waals surface area contributed by atoms with Gasteiger partial charge >= 0.3 is 0 Å². The number of fused-ring (bicyclic) bond motifs is 1. The molecule has 4 nitrogen and oxygen atoms in total. The zero-order chi connectivity index (χ0) is 17.4. The molecular weight excluding hydrogens is 318 g/mol. The Bertz CT molecular complexity index is 922. The normalized spacial score (nSPS) is 12.8. The molecule has 0 aliphatic carbocycles. The van der Waals surface area contributed by atoms with Crippen LogP contribution in [-0.4, -0.2) is 9.97 Å². The van der Waals surface area contributed by atoms with Gasteiger partial charge in [0.15, 0.2) is 0 Å². The number of benzene rings is 1. The minimum Gasteiger partial charge on any atom is -0.375 e. The topological polar surface area (TPSA) is 57.8 Å². The lowest BCUT2D eigenvalue weighted by Crippen LogP contribution is -2.17. The maximum Gasteiger partial charge on any atom is 0.259 e. The lowest BCUT2D eigenvalue weighted by atomic mass is 10.0. The van der Waals surface area contributed by atoms with Gasteiger partial charge in [-0.25, -0.2) is 4.98 Å². The summed E-state index contributed by atoms with van der Waals surface area (Å²) in [6.07, 6.45) is 0. The lowest BCUT2D eigenvalue weighted by Gasteiger charge is -2.15. The summed E-state index contributed by atoms with van der Waals surface area (Å²) in [5, 5.41) is 4.13. The molecule has 0 bridgehead atoms. The number of nitrogens with one attached hydrogen (secondary N) is 2. The Morgan fingerprint density at radius 1 is 1.12 bits per heavy atom. The summed E-state index contributed by atoms with van der Waals surface area (Å²) in [4.78, 5) is 21.9. The Morgan fingerprint density at radius 2 is 1.79 bits per heavy atom. The highest BCUT2D eigenvalue weighted by Gasteiger charge is 2.15. The molecule has 2 N–H and O–H groups in total. The minimum absolute atomic E-state index is 0.0549. The van der Waals surface area contributed by atoms with Crippen LogP contribution in [0.1, 0.15) is 54.6 Å². The second-order valence-electron chi connectivity index (χ2n) is 6.56. The third kappa shape index (κ3) is 3.08. The fourth-order valence-corrected chi connectivity index (χ4v) is 3.80. The number of aryl methyl sites for hydroxylation is 2. The van der Waals surface area contributed by atoms with E-state index in [1.165, 1.54) is 5.56 Å². The highest BCUT2D eigenvalue weighted by Crippen LogP contribution is 2.27. The van der Waals surface area contributed by atoms with E-state index in [1.54, 1.807) is 11.3 Å². The van der Waals surface area contributed by atoms with E-state index >= 15 is 0 Å². The lowest BCUT2D eigenvalue weighted by molar-refractivity contribution is 0.792. The van der Waals surface area contributed by atoms with Crippen LogP contribution in [0.25, 0.3) is 10.2 Å². The zero-order valence-corrected chi connectivity index (χ0v) is 15.5. The third-order valence-electron chi connectivity index (χ3n) is 4.43. The van der Waals surface area contributed by atoms with Gasteiger partial charge in [0.2, 0.25) is 0 Å². The molecule has 3 aromatic rings. The predicted octanol–water partition coefficient (Wildman–Crippen LogP) is 4.90. The first-order valence-electron chi connectivity index (χ1n) is 8.23. The van der Waals surface area contributed by atoms with E-state index in [9.17, 15) is 4.79 Å². The SMILES string of the molecule is Cc1sc2nc([C@@H](C)Nc3ccc(C(C)C)cc3)[nH]c(=O)c2c1C. The number of aromatic amines is 1. The van der Waals surface area contributed by atoms with E-state index in [0.29, 0.717) is 11.7 Å². The smallest absolute Gasteiger partial charge is 0.259 e. The monoisotopic (exact) mass is 341 g/mol. The quantitative estimate of drug-likeness (QED) is 0.710. The van der Waals surface area contributed by atoms with Gasteiger partial charge in [0, 0.05) is 10.6 Å². The molecule has 0 unspecified atom stereocenters. The maximum absolute atomic E-state index is 12.4. The largest absolute Gasteiger partial charge is 0.375 e. The highest BCUT2D eigenvalue weighted by molar-refractivity contribution is 7.18. The number of H-pyrrole nitrogens is 1. The molecule has 126 valence electrons. The molecule has 0 saturated carbocycles. The molecule has 3 rings (SSSR count). The number of hydrogen-bond acceptors (Lipinski definition) is 4. The average Bonchev–Trinajstić information content (AvgIpc) is 2.82. The molecule has 2 aromatic heterocycles. The van der Waals surface area contributed by atoms with Crippen molar-refractivity contribution in [1.82, 2.24) is 9.97 Å². The molecule has 0 amide bonds. The zero-order valence-electron chi connectivity index (χ0n) is 14.7. The fraction of sp³-hybridized carbons (Fsp3) is 0.368. The van der Waals surface area contributed by atoms with Crippen molar-refractivity contribution in [3.05, 3.63) is 56.4 Å². The highest BCUT2D eigenvalue weighted by atomic mass is 32.1. The van der Waals surface area contributed by atoms with Crippen molar-refractivity contribution in [2.24, 2.45) is 0 Å². The van der Waals surface area contributed by atoms with E-state index in [4.69, 9.17) is 0 Å². The van der Waals surface area contributed by atoms with Crippen molar-refractivity contribution in [3.8, 4) is 0 Å². The third-order valence-corrected chi connectivity index (χ3v) is 5.53. The first-order chi connectivity index (χ1) is 11.4. The van der Waals surface area contributed by atoms with Gasteiger partial charge in [-0.2, -0.15) is 0 Å². The van der Waals surface area contributed by atoms with Crippen molar-refractivity contribution in [1.29, 1.82) is 0 Å². The molecule has 0 radical (unpaired) electrons. The van der Waals surface area contributed by atoms with Crippen LogP contribution < -0.4 is 10.9 Å². The standard InChI is InChI=1S/C19H23N3OS/c1-10(2)14-6-8-15(9-7-14)20-12(4)17-21-18(23)16-11(3)13(5)24-19(16)22-17/h6-10,12,20H,1-5H3,(H,21,22,23)/t12-/m1/s1. The number of rotatable bonds is 4. The van der Waals surface area contributed by atoms with Crippen LogP contribution in [0.3, 0.4) is 0 Å². The summed E-state index contributed by atoms with van der Waals surface area (Å²) in [5.41, 5.74) is 3.31. The summed E-state index contributed by atoms with van der Waals surface area (Å²) in [6, 6.07) is 8.33. The van der Waals surface area contributed by atoms with Gasteiger partial charge in [0.05, 0.1) is 11.4 Å². The Balaban J connectivity index is 1.88. The summed E-state index contributed by atoms with van der Waals surface area (Å²) in [6.45, 7) is 10.4. The molecule has 0 spiro atoms. The molecule has 0 fully saturated rings. The van der Waals surface area contributed by atoms with E-state index in [-0.39, 0.29) is 11.6 Å². The molecule has 1 atom stereocenters. The van der Waals surface area contributed by atoms with Crippen LogP contribution in [0.5, 0.6) is 0 Å². The van der Waals surface area contributed by atoms with Gasteiger partial charge in [0.25, 0.3) is 5.56 Å². The molecule has 1 aromatic carbocycles. The van der Waals surface area contributed by atoms with Crippen LogP contribution >= 0.6 is 11.3 Å². The molecule has 0 saturated heterocycles. The number of thiophene rings is 1. The Morgan fingerprint density at radius 3 is 2.42 bits per heavy atom. The van der Waals surface area contributed by atoms with Gasteiger partial charge in [-0.3, -0.25) is 4.79 Å². The van der Waals surface area contributed by atoms with E-state index in [2.05, 4.69) is 53.4 Å². The van der Waals surface area contributed by atoms with Crippen LogP contribution in [0, 0.1) is 13.8 Å². The van der Waals surface area contributed by atoms with Crippen molar-refractivity contribution in [2.45, 2.75) is 46.6 Å². The van der Waals surface area contributed by atoms with Crippen LogP contribution in [0.2, 0.25) is 0 Å². The number of hydrogen-bond donors (Lipinski definition) is 2. The second kappa shape index (κ2) is 6.40. The van der Waals surface area contributed by atoms with Gasteiger partial charge in [-0.1, -0.05) is 26.0 Å². The van der Waals surface area contributed by atoms with E-state index in [1.807, 2.05) is 20.8 Å². The van der Waals surface area contributed by atoms with E-state index in [0.717, 1.165) is 26.3 Å². The van der Waals surface area contributed by atoms with Gasteiger partial charge in [-0.05, 0) is 49.9 Å². The first kappa shape index (κ1) is 16.7. The van der Waals surface area contributed by atoms with Crippen molar-refractivity contribution >= 4 is 27.2 Å². The fourth-order valence-electron chi connectivity index (χ4n) is 2.76. The molecule has 24 heavy (non-hydrogen) atoms. The maximum atomic E-state index is 12.4.